The first kappa shape index (κ1) is 12.2. The molecule has 1 aliphatic rings. The van der Waals surface area contributed by atoms with Gasteiger partial charge in [0.2, 0.25) is 0 Å². The maximum atomic E-state index is 12.3. The molecular formula is C13H12BrN3O2. The van der Waals surface area contributed by atoms with Gasteiger partial charge in [0.15, 0.2) is 0 Å². The molecule has 98 valence electrons. The monoisotopic (exact) mass is 321 g/mol. The van der Waals surface area contributed by atoms with Gasteiger partial charge < -0.3 is 0 Å². The van der Waals surface area contributed by atoms with Gasteiger partial charge in [-0.1, -0.05) is 27.6 Å². The molecule has 0 saturated heterocycles. The van der Waals surface area contributed by atoms with E-state index in [-0.39, 0.29) is 11.4 Å². The van der Waals surface area contributed by atoms with E-state index in [9.17, 15) is 9.59 Å². The third kappa shape index (κ3) is 1.92. The summed E-state index contributed by atoms with van der Waals surface area (Å²) in [5, 5.41) is 0. The maximum Gasteiger partial charge on any atom is 0.352 e. The molecular weight excluding hydrogens is 310 g/mol. The summed E-state index contributed by atoms with van der Waals surface area (Å²) >= 11 is 3.34. The van der Waals surface area contributed by atoms with Crippen molar-refractivity contribution in [2.75, 3.05) is 0 Å². The highest BCUT2D eigenvalue weighted by Gasteiger charge is 2.18. The molecule has 2 aromatic rings. The van der Waals surface area contributed by atoms with Crippen LogP contribution in [0.5, 0.6) is 0 Å². The summed E-state index contributed by atoms with van der Waals surface area (Å²) in [7, 11) is 0. The molecule has 1 aromatic heterocycles. The molecule has 0 N–H and O–H groups in total. The quantitative estimate of drug-likeness (QED) is 0.748. The van der Waals surface area contributed by atoms with Crippen molar-refractivity contribution in [1.82, 2.24) is 13.9 Å². The van der Waals surface area contributed by atoms with Crippen LogP contribution in [0.2, 0.25) is 0 Å². The number of allylic oxidation sites excluding steroid dienone is 2. The molecule has 0 atom stereocenters. The van der Waals surface area contributed by atoms with Crippen molar-refractivity contribution in [1.29, 1.82) is 0 Å². The fourth-order valence-corrected chi connectivity index (χ4v) is 2.47. The first-order valence-corrected chi connectivity index (χ1v) is 6.71. The Bertz CT molecular complexity index is 778. The van der Waals surface area contributed by atoms with Gasteiger partial charge in [-0.3, -0.25) is 0 Å². The lowest BCUT2D eigenvalue weighted by atomic mass is 10.2. The number of benzene rings is 1. The lowest BCUT2D eigenvalue weighted by molar-refractivity contribution is 0.468. The third-order valence-corrected chi connectivity index (χ3v) is 3.74. The van der Waals surface area contributed by atoms with E-state index < -0.39 is 0 Å². The van der Waals surface area contributed by atoms with Crippen LogP contribution in [0.1, 0.15) is 6.92 Å². The molecule has 0 fully saturated rings. The van der Waals surface area contributed by atoms with Crippen LogP contribution < -0.4 is 11.4 Å². The molecule has 5 nitrogen and oxygen atoms in total. The van der Waals surface area contributed by atoms with Gasteiger partial charge >= 0.3 is 11.4 Å². The van der Waals surface area contributed by atoms with Gasteiger partial charge in [0, 0.05) is 4.47 Å². The predicted octanol–water partition coefficient (Wildman–Crippen LogP) is 1.52. The SMILES string of the molecule is CC1=CCn2c(=O)n(-c3ccc(Br)cc3)c(=O)n2C1. The zero-order valence-electron chi connectivity index (χ0n) is 10.3. The molecule has 0 aliphatic carbocycles. The highest BCUT2D eigenvalue weighted by Crippen LogP contribution is 2.12. The highest BCUT2D eigenvalue weighted by molar-refractivity contribution is 9.10. The Morgan fingerprint density at radius 3 is 2.37 bits per heavy atom. The lowest BCUT2D eigenvalue weighted by Crippen LogP contribution is -2.29. The Hall–Kier alpha value is -1.82. The van der Waals surface area contributed by atoms with Crippen molar-refractivity contribution < 1.29 is 0 Å². The second-order valence-electron chi connectivity index (χ2n) is 4.57. The summed E-state index contributed by atoms with van der Waals surface area (Å²) in [6, 6.07) is 7.12. The molecule has 1 aromatic carbocycles. The molecule has 0 amide bonds. The highest BCUT2D eigenvalue weighted by atomic mass is 79.9. The molecule has 19 heavy (non-hydrogen) atoms. The van der Waals surface area contributed by atoms with Crippen LogP contribution >= 0.6 is 15.9 Å². The van der Waals surface area contributed by atoms with Crippen LogP contribution in [0.4, 0.5) is 0 Å². The van der Waals surface area contributed by atoms with Gasteiger partial charge in [-0.2, -0.15) is 0 Å². The van der Waals surface area contributed by atoms with Crippen molar-refractivity contribution in [2.24, 2.45) is 0 Å². The zero-order chi connectivity index (χ0) is 13.6. The van der Waals surface area contributed by atoms with Gasteiger partial charge in [0.05, 0.1) is 18.8 Å². The van der Waals surface area contributed by atoms with E-state index in [2.05, 4.69) is 15.9 Å². The van der Waals surface area contributed by atoms with Crippen LogP contribution in [0, 0.1) is 0 Å². The van der Waals surface area contributed by atoms with Crippen LogP contribution in [0.3, 0.4) is 0 Å². The smallest absolute Gasteiger partial charge is 0.245 e. The number of halogens is 1. The second-order valence-corrected chi connectivity index (χ2v) is 5.48. The fourth-order valence-electron chi connectivity index (χ4n) is 2.20. The average molecular weight is 322 g/mol. The van der Waals surface area contributed by atoms with Crippen LogP contribution in [0.15, 0.2) is 50.0 Å². The number of hydrogen-bond donors (Lipinski definition) is 0. The standard InChI is InChI=1S/C13H12BrN3O2/c1-9-6-7-15-12(18)17(13(19)16(15)8-9)11-4-2-10(14)3-5-11/h2-6H,7-8H2,1H3. The maximum absolute atomic E-state index is 12.3. The Morgan fingerprint density at radius 2 is 1.68 bits per heavy atom. The Balaban J connectivity index is 2.22. The topological polar surface area (TPSA) is 48.9 Å². The average Bonchev–Trinajstić information content (AvgIpc) is 2.63. The Morgan fingerprint density at radius 1 is 1.05 bits per heavy atom. The summed E-state index contributed by atoms with van der Waals surface area (Å²) in [4.78, 5) is 24.6. The molecule has 0 saturated carbocycles. The fraction of sp³-hybridized carbons (Fsp3) is 0.231. The molecule has 2 heterocycles. The van der Waals surface area contributed by atoms with Gasteiger partial charge in [-0.25, -0.2) is 23.5 Å². The second kappa shape index (κ2) is 4.38. The number of hydrogen-bond acceptors (Lipinski definition) is 2. The van der Waals surface area contributed by atoms with Gasteiger partial charge in [0.25, 0.3) is 0 Å². The van der Waals surface area contributed by atoms with E-state index in [1.165, 1.54) is 13.9 Å². The van der Waals surface area contributed by atoms with E-state index in [4.69, 9.17) is 0 Å². The predicted molar refractivity (Wildman–Crippen MR) is 75.7 cm³/mol. The zero-order valence-corrected chi connectivity index (χ0v) is 11.9. The number of rotatable bonds is 1. The number of fused-ring (bicyclic) bond motifs is 1. The molecule has 0 bridgehead atoms. The number of nitrogens with zero attached hydrogens (tertiary/aromatic N) is 3. The van der Waals surface area contributed by atoms with E-state index in [1.54, 1.807) is 12.1 Å². The summed E-state index contributed by atoms with van der Waals surface area (Å²) in [6.45, 7) is 2.87. The Labute approximate surface area is 117 Å². The summed E-state index contributed by atoms with van der Waals surface area (Å²) in [6.07, 6.45) is 1.97. The van der Waals surface area contributed by atoms with E-state index >= 15 is 0 Å². The summed E-state index contributed by atoms with van der Waals surface area (Å²) in [5.41, 5.74) is 1.09. The molecule has 0 unspecified atom stereocenters. The first-order chi connectivity index (χ1) is 9.08. The molecule has 6 heteroatoms. The first-order valence-electron chi connectivity index (χ1n) is 5.92. The van der Waals surface area contributed by atoms with Crippen molar-refractivity contribution in [3.63, 3.8) is 0 Å². The van der Waals surface area contributed by atoms with E-state index in [0.717, 1.165) is 10.0 Å². The molecule has 1 aliphatic heterocycles. The normalized spacial score (nSPS) is 14.1. The minimum absolute atomic E-state index is 0.292. The van der Waals surface area contributed by atoms with Gasteiger partial charge in [0.1, 0.15) is 0 Å². The summed E-state index contributed by atoms with van der Waals surface area (Å²) in [5.74, 6) is 0. The van der Waals surface area contributed by atoms with E-state index in [0.29, 0.717) is 18.8 Å². The van der Waals surface area contributed by atoms with Crippen molar-refractivity contribution in [2.45, 2.75) is 20.0 Å². The van der Waals surface area contributed by atoms with Crippen LogP contribution in [0.25, 0.3) is 5.69 Å². The minimum Gasteiger partial charge on any atom is -0.245 e. The van der Waals surface area contributed by atoms with Gasteiger partial charge in [-0.05, 0) is 31.2 Å². The number of aromatic nitrogens is 3. The lowest BCUT2D eigenvalue weighted by Gasteiger charge is -2.13. The molecule has 3 rings (SSSR count). The molecule has 0 spiro atoms. The van der Waals surface area contributed by atoms with Gasteiger partial charge in [-0.15, -0.1) is 0 Å². The van der Waals surface area contributed by atoms with Crippen molar-refractivity contribution in [3.8, 4) is 5.69 Å². The van der Waals surface area contributed by atoms with Crippen LogP contribution in [-0.2, 0) is 13.1 Å². The Kier molecular flexibility index (Phi) is 2.82. The van der Waals surface area contributed by atoms with Crippen molar-refractivity contribution >= 4 is 15.9 Å². The summed E-state index contributed by atoms with van der Waals surface area (Å²) < 4.78 is 5.07. The van der Waals surface area contributed by atoms with E-state index in [1.807, 2.05) is 25.1 Å². The largest absolute Gasteiger partial charge is 0.352 e. The van der Waals surface area contributed by atoms with Crippen LogP contribution in [-0.4, -0.2) is 13.9 Å². The third-order valence-electron chi connectivity index (χ3n) is 3.21. The van der Waals surface area contributed by atoms with Crippen molar-refractivity contribution in [3.05, 3.63) is 61.4 Å². The molecule has 0 radical (unpaired) electrons. The minimum atomic E-state index is -0.295.